The Bertz CT molecular complexity index is 1390. The number of para-hydroxylation sites is 1. The smallest absolute Gasteiger partial charge is 0.243 e. The lowest BCUT2D eigenvalue weighted by Gasteiger charge is -2.29. The maximum Gasteiger partial charge on any atom is 0.243 e. The maximum absolute atomic E-state index is 13.1. The van der Waals surface area contributed by atoms with Gasteiger partial charge in [0, 0.05) is 34.7 Å². The van der Waals surface area contributed by atoms with Crippen LogP contribution in [-0.2, 0) is 23.0 Å². The highest BCUT2D eigenvalue weighted by atomic mass is 79.9. The molecule has 0 saturated carbocycles. The van der Waals surface area contributed by atoms with Gasteiger partial charge in [0.05, 0.1) is 22.3 Å². The molecule has 3 heterocycles. The van der Waals surface area contributed by atoms with Crippen molar-refractivity contribution in [1.29, 1.82) is 0 Å². The molecule has 31 heavy (non-hydrogen) atoms. The Morgan fingerprint density at radius 3 is 2.74 bits per heavy atom. The van der Waals surface area contributed by atoms with Crippen molar-refractivity contribution in [2.75, 3.05) is 11.9 Å². The van der Waals surface area contributed by atoms with Gasteiger partial charge in [0.25, 0.3) is 0 Å². The number of rotatable bonds is 4. The van der Waals surface area contributed by atoms with E-state index in [1.807, 2.05) is 42.5 Å². The first-order chi connectivity index (χ1) is 15.0. The van der Waals surface area contributed by atoms with E-state index in [1.54, 1.807) is 30.6 Å². The Hall–Kier alpha value is -2.81. The van der Waals surface area contributed by atoms with E-state index in [2.05, 4.69) is 31.2 Å². The molecule has 0 radical (unpaired) electrons. The Kier molecular flexibility index (Phi) is 5.21. The molecule has 8 heteroatoms. The van der Waals surface area contributed by atoms with Gasteiger partial charge in [-0.05, 0) is 48.4 Å². The molecule has 6 nitrogen and oxygen atoms in total. The molecule has 2 aromatic heterocycles. The highest BCUT2D eigenvalue weighted by Gasteiger charge is 2.29. The van der Waals surface area contributed by atoms with Crippen LogP contribution in [0.1, 0.15) is 11.1 Å². The number of anilines is 2. The number of halogens is 1. The summed E-state index contributed by atoms with van der Waals surface area (Å²) in [5.41, 5.74) is 3.78. The summed E-state index contributed by atoms with van der Waals surface area (Å²) in [4.78, 5) is 9.30. The summed E-state index contributed by atoms with van der Waals surface area (Å²) in [7, 11) is -3.57. The van der Waals surface area contributed by atoms with Crippen LogP contribution < -0.4 is 5.32 Å². The molecule has 2 aromatic carbocycles. The average Bonchev–Trinajstić information content (AvgIpc) is 2.79. The van der Waals surface area contributed by atoms with Crippen LogP contribution in [0.4, 0.5) is 11.5 Å². The Morgan fingerprint density at radius 1 is 1.00 bits per heavy atom. The van der Waals surface area contributed by atoms with Crippen LogP contribution >= 0.6 is 15.9 Å². The van der Waals surface area contributed by atoms with Gasteiger partial charge in [0.1, 0.15) is 5.82 Å². The van der Waals surface area contributed by atoms with Crippen molar-refractivity contribution in [2.24, 2.45) is 0 Å². The summed E-state index contributed by atoms with van der Waals surface area (Å²) in [6.45, 7) is 0.718. The summed E-state index contributed by atoms with van der Waals surface area (Å²) in [6, 6.07) is 18.7. The van der Waals surface area contributed by atoms with Crippen LogP contribution in [0.15, 0.2) is 82.4 Å². The van der Waals surface area contributed by atoms with Crippen LogP contribution in [-0.4, -0.2) is 29.2 Å². The van der Waals surface area contributed by atoms with Crippen LogP contribution in [0.5, 0.6) is 0 Å². The lowest BCUT2D eigenvalue weighted by Crippen LogP contribution is -2.36. The lowest BCUT2D eigenvalue weighted by atomic mass is 10.0. The molecule has 0 spiro atoms. The molecule has 0 atom stereocenters. The van der Waals surface area contributed by atoms with E-state index in [0.29, 0.717) is 24.4 Å². The first kappa shape index (κ1) is 20.1. The second-order valence-electron chi connectivity index (χ2n) is 7.38. The predicted molar refractivity (Wildman–Crippen MR) is 125 cm³/mol. The highest BCUT2D eigenvalue weighted by Crippen LogP contribution is 2.30. The predicted octanol–water partition coefficient (Wildman–Crippen LogP) is 4.88. The zero-order chi connectivity index (χ0) is 21.4. The average molecular weight is 495 g/mol. The van der Waals surface area contributed by atoms with E-state index in [9.17, 15) is 8.42 Å². The van der Waals surface area contributed by atoms with Gasteiger partial charge in [-0.3, -0.25) is 4.98 Å². The summed E-state index contributed by atoms with van der Waals surface area (Å²) in [5, 5.41) is 4.41. The number of hydrogen-bond donors (Lipinski definition) is 1. The van der Waals surface area contributed by atoms with E-state index in [1.165, 1.54) is 4.31 Å². The fourth-order valence-corrected chi connectivity index (χ4v) is 5.85. The van der Waals surface area contributed by atoms with Crippen molar-refractivity contribution in [3.8, 4) is 0 Å². The van der Waals surface area contributed by atoms with Gasteiger partial charge in [0.2, 0.25) is 10.0 Å². The van der Waals surface area contributed by atoms with E-state index in [4.69, 9.17) is 0 Å². The molecule has 0 fully saturated rings. The third-order valence-electron chi connectivity index (χ3n) is 5.40. The molecule has 0 amide bonds. The normalized spacial score (nSPS) is 14.4. The van der Waals surface area contributed by atoms with Crippen molar-refractivity contribution < 1.29 is 8.42 Å². The second-order valence-corrected chi connectivity index (χ2v) is 10.2. The highest BCUT2D eigenvalue weighted by molar-refractivity contribution is 9.10. The molecule has 0 aliphatic carbocycles. The number of hydrogen-bond acceptors (Lipinski definition) is 5. The fraction of sp³-hybridized carbons (Fsp3) is 0.130. The molecule has 5 rings (SSSR count). The minimum absolute atomic E-state index is 0.292. The second kappa shape index (κ2) is 8.03. The largest absolute Gasteiger partial charge is 0.339 e. The Labute approximate surface area is 189 Å². The van der Waals surface area contributed by atoms with Gasteiger partial charge in [-0.25, -0.2) is 13.4 Å². The van der Waals surface area contributed by atoms with Crippen molar-refractivity contribution in [3.05, 3.63) is 88.7 Å². The third-order valence-corrected chi connectivity index (χ3v) is 7.73. The third kappa shape index (κ3) is 3.94. The van der Waals surface area contributed by atoms with Crippen molar-refractivity contribution in [3.63, 3.8) is 0 Å². The van der Waals surface area contributed by atoms with Gasteiger partial charge in [-0.15, -0.1) is 0 Å². The molecule has 1 aliphatic rings. The standard InChI is InChI=1S/C23H19BrN4O2S/c24-18-5-3-6-20(13-18)31(29,30)28-11-9-21-17(15-28)8-10-25-23(21)27-19-12-16-4-1-2-7-22(16)26-14-19/h1-8,10,12-14H,9,11,15H2,(H,25,27). The first-order valence-corrected chi connectivity index (χ1v) is 12.1. The van der Waals surface area contributed by atoms with Gasteiger partial charge in [-0.2, -0.15) is 4.31 Å². The van der Waals surface area contributed by atoms with Gasteiger partial charge in [-0.1, -0.05) is 40.2 Å². The molecule has 0 unspecified atom stereocenters. The van der Waals surface area contributed by atoms with Gasteiger partial charge < -0.3 is 5.32 Å². The first-order valence-electron chi connectivity index (χ1n) is 9.85. The zero-order valence-electron chi connectivity index (χ0n) is 16.5. The van der Waals surface area contributed by atoms with Crippen LogP contribution in [0.3, 0.4) is 0 Å². The van der Waals surface area contributed by atoms with E-state index in [0.717, 1.165) is 38.0 Å². The quantitative estimate of drug-likeness (QED) is 0.437. The minimum atomic E-state index is -3.57. The van der Waals surface area contributed by atoms with Gasteiger partial charge in [0.15, 0.2) is 0 Å². The molecule has 4 aromatic rings. The van der Waals surface area contributed by atoms with Crippen molar-refractivity contribution in [1.82, 2.24) is 14.3 Å². The zero-order valence-corrected chi connectivity index (χ0v) is 18.9. The number of sulfonamides is 1. The SMILES string of the molecule is O=S(=O)(c1cccc(Br)c1)N1CCc2c(ccnc2Nc2cnc3ccccc3c2)C1. The lowest BCUT2D eigenvalue weighted by molar-refractivity contribution is 0.391. The van der Waals surface area contributed by atoms with Gasteiger partial charge >= 0.3 is 0 Å². The number of benzene rings is 2. The number of pyridine rings is 2. The summed E-state index contributed by atoms with van der Waals surface area (Å²) < 4.78 is 28.5. The molecule has 1 aliphatic heterocycles. The molecular formula is C23H19BrN4O2S. The van der Waals surface area contributed by atoms with E-state index < -0.39 is 10.0 Å². The molecule has 1 N–H and O–H groups in total. The van der Waals surface area contributed by atoms with Crippen molar-refractivity contribution >= 4 is 48.4 Å². The molecule has 156 valence electrons. The number of aromatic nitrogens is 2. The molecule has 0 bridgehead atoms. The monoisotopic (exact) mass is 494 g/mol. The summed E-state index contributed by atoms with van der Waals surface area (Å²) in [6.07, 6.45) is 4.08. The summed E-state index contributed by atoms with van der Waals surface area (Å²) in [5.74, 6) is 0.745. The minimum Gasteiger partial charge on any atom is -0.339 e. The number of nitrogens with one attached hydrogen (secondary N) is 1. The topological polar surface area (TPSA) is 75.2 Å². The Morgan fingerprint density at radius 2 is 1.87 bits per heavy atom. The van der Waals surface area contributed by atoms with Crippen molar-refractivity contribution in [2.45, 2.75) is 17.9 Å². The number of nitrogens with zero attached hydrogens (tertiary/aromatic N) is 3. The Balaban J connectivity index is 1.42. The van der Waals surface area contributed by atoms with E-state index >= 15 is 0 Å². The van der Waals surface area contributed by atoms with E-state index in [-0.39, 0.29) is 0 Å². The number of fused-ring (bicyclic) bond motifs is 2. The molecule has 0 saturated heterocycles. The van der Waals surface area contributed by atoms with Crippen LogP contribution in [0, 0.1) is 0 Å². The molecular weight excluding hydrogens is 476 g/mol. The van der Waals surface area contributed by atoms with Crippen LogP contribution in [0.2, 0.25) is 0 Å². The van der Waals surface area contributed by atoms with Crippen LogP contribution in [0.25, 0.3) is 10.9 Å². The fourth-order valence-electron chi connectivity index (χ4n) is 3.83. The maximum atomic E-state index is 13.1. The summed E-state index contributed by atoms with van der Waals surface area (Å²) >= 11 is 3.36.